The predicted molar refractivity (Wildman–Crippen MR) is 56.9 cm³/mol. The van der Waals surface area contributed by atoms with E-state index in [2.05, 4.69) is 15.1 Å². The van der Waals surface area contributed by atoms with Gasteiger partial charge in [-0.3, -0.25) is 4.79 Å². The van der Waals surface area contributed by atoms with E-state index in [1.54, 1.807) is 6.07 Å². The molecule has 1 aliphatic heterocycles. The zero-order valence-corrected chi connectivity index (χ0v) is 8.52. The summed E-state index contributed by atoms with van der Waals surface area (Å²) in [6.45, 7) is 2.06. The number of anilines is 1. The van der Waals surface area contributed by atoms with Gasteiger partial charge in [-0.2, -0.15) is 5.10 Å². The number of nitrogens with zero attached hydrogens (tertiary/aromatic N) is 2. The third kappa shape index (κ3) is 2.36. The monoisotopic (exact) mass is 209 g/mol. The van der Waals surface area contributed by atoms with Crippen molar-refractivity contribution in [1.29, 1.82) is 0 Å². The molecule has 0 unspecified atom stereocenters. The lowest BCUT2D eigenvalue weighted by atomic mass is 9.98. The molecule has 2 N–H and O–H groups in total. The van der Waals surface area contributed by atoms with Crippen LogP contribution in [-0.2, 0) is 0 Å². The van der Waals surface area contributed by atoms with E-state index in [0.29, 0.717) is 5.92 Å². The molecular formula is C10H15N3O2. The van der Waals surface area contributed by atoms with Crippen molar-refractivity contribution in [3.63, 3.8) is 0 Å². The van der Waals surface area contributed by atoms with Gasteiger partial charge in [0.25, 0.3) is 5.56 Å². The van der Waals surface area contributed by atoms with Crippen molar-refractivity contribution in [3.05, 3.63) is 22.5 Å². The molecular weight excluding hydrogens is 194 g/mol. The lowest BCUT2D eigenvalue weighted by Gasteiger charge is -2.31. The second-order valence-corrected chi connectivity index (χ2v) is 3.89. The molecule has 0 bridgehead atoms. The van der Waals surface area contributed by atoms with Crippen molar-refractivity contribution in [2.75, 3.05) is 24.6 Å². The molecule has 1 aliphatic rings. The summed E-state index contributed by atoms with van der Waals surface area (Å²) in [6, 6.07) is 3.22. The molecule has 5 nitrogen and oxygen atoms in total. The molecule has 0 atom stereocenters. The quantitative estimate of drug-likeness (QED) is 0.718. The summed E-state index contributed by atoms with van der Waals surface area (Å²) >= 11 is 0. The van der Waals surface area contributed by atoms with Gasteiger partial charge in [-0.05, 0) is 24.8 Å². The molecule has 5 heteroatoms. The first-order valence-electron chi connectivity index (χ1n) is 5.21. The molecule has 1 aromatic rings. The average Bonchev–Trinajstić information content (AvgIpc) is 2.30. The van der Waals surface area contributed by atoms with Crippen LogP contribution in [0.3, 0.4) is 0 Å². The fourth-order valence-electron chi connectivity index (χ4n) is 1.86. The van der Waals surface area contributed by atoms with E-state index in [9.17, 15) is 4.79 Å². The molecule has 0 radical (unpaired) electrons. The molecule has 1 fully saturated rings. The van der Waals surface area contributed by atoms with Gasteiger partial charge < -0.3 is 10.0 Å². The Morgan fingerprint density at radius 2 is 2.20 bits per heavy atom. The zero-order valence-electron chi connectivity index (χ0n) is 8.52. The molecule has 2 heterocycles. The molecule has 0 amide bonds. The van der Waals surface area contributed by atoms with Crippen molar-refractivity contribution in [2.45, 2.75) is 12.8 Å². The summed E-state index contributed by atoms with van der Waals surface area (Å²) in [5.74, 6) is 1.23. The number of H-pyrrole nitrogens is 1. The number of aliphatic hydroxyl groups is 1. The van der Waals surface area contributed by atoms with E-state index >= 15 is 0 Å². The Morgan fingerprint density at radius 3 is 2.73 bits per heavy atom. The van der Waals surface area contributed by atoms with Crippen LogP contribution in [0.5, 0.6) is 0 Å². The van der Waals surface area contributed by atoms with E-state index in [0.717, 1.165) is 31.7 Å². The van der Waals surface area contributed by atoms with Gasteiger partial charge >= 0.3 is 0 Å². The predicted octanol–water partition coefficient (Wildman–Crippen LogP) is -0.0214. The summed E-state index contributed by atoms with van der Waals surface area (Å²) in [7, 11) is 0. The number of rotatable bonds is 2. The van der Waals surface area contributed by atoms with Gasteiger partial charge in [-0.15, -0.1) is 0 Å². The number of piperidine rings is 1. The van der Waals surface area contributed by atoms with Crippen molar-refractivity contribution in [3.8, 4) is 0 Å². The Kier molecular flexibility index (Phi) is 3.01. The number of aromatic amines is 1. The first-order valence-corrected chi connectivity index (χ1v) is 5.21. The highest BCUT2D eigenvalue weighted by atomic mass is 16.3. The molecule has 2 rings (SSSR count). The lowest BCUT2D eigenvalue weighted by Crippen LogP contribution is -2.35. The third-order valence-corrected chi connectivity index (χ3v) is 2.86. The normalized spacial score (nSPS) is 18.1. The number of aliphatic hydroxyl groups excluding tert-OH is 1. The van der Waals surface area contributed by atoms with E-state index in [1.165, 1.54) is 6.07 Å². The standard InChI is InChI=1S/C10H15N3O2/c14-7-8-3-5-13(6-4-8)9-1-2-10(15)12-11-9/h1-2,8,14H,3-7H2,(H,12,15). The number of hydrogen-bond donors (Lipinski definition) is 2. The van der Waals surface area contributed by atoms with Crippen molar-refractivity contribution >= 4 is 5.82 Å². The Balaban J connectivity index is 2.01. The molecule has 82 valence electrons. The van der Waals surface area contributed by atoms with Crippen LogP contribution >= 0.6 is 0 Å². The van der Waals surface area contributed by atoms with Crippen LogP contribution in [0, 0.1) is 5.92 Å². The highest BCUT2D eigenvalue weighted by Gasteiger charge is 2.19. The topological polar surface area (TPSA) is 69.2 Å². The van der Waals surface area contributed by atoms with Crippen LogP contribution in [0.1, 0.15) is 12.8 Å². The smallest absolute Gasteiger partial charge is 0.264 e. The summed E-state index contributed by atoms with van der Waals surface area (Å²) in [6.07, 6.45) is 1.97. The molecule has 0 aromatic carbocycles. The summed E-state index contributed by atoms with van der Waals surface area (Å²) in [5.41, 5.74) is -0.177. The molecule has 0 aliphatic carbocycles. The van der Waals surface area contributed by atoms with Crippen molar-refractivity contribution < 1.29 is 5.11 Å². The minimum atomic E-state index is -0.177. The maximum atomic E-state index is 10.8. The van der Waals surface area contributed by atoms with Crippen LogP contribution in [0.15, 0.2) is 16.9 Å². The van der Waals surface area contributed by atoms with Gasteiger partial charge in [0.05, 0.1) is 0 Å². The summed E-state index contributed by atoms with van der Waals surface area (Å²) < 4.78 is 0. The van der Waals surface area contributed by atoms with Crippen LogP contribution in [0.25, 0.3) is 0 Å². The van der Waals surface area contributed by atoms with Gasteiger partial charge in [0.1, 0.15) is 5.82 Å². The number of hydrogen-bond acceptors (Lipinski definition) is 4. The fraction of sp³-hybridized carbons (Fsp3) is 0.600. The molecule has 1 aromatic heterocycles. The average molecular weight is 209 g/mol. The van der Waals surface area contributed by atoms with E-state index in [1.807, 2.05) is 0 Å². The summed E-state index contributed by atoms with van der Waals surface area (Å²) in [4.78, 5) is 13.0. The highest BCUT2D eigenvalue weighted by molar-refractivity contribution is 5.36. The Bertz CT molecular complexity index is 349. The van der Waals surface area contributed by atoms with Gasteiger partial charge in [0, 0.05) is 25.8 Å². The number of aromatic nitrogens is 2. The van der Waals surface area contributed by atoms with E-state index in [-0.39, 0.29) is 12.2 Å². The lowest BCUT2D eigenvalue weighted by molar-refractivity contribution is 0.202. The third-order valence-electron chi connectivity index (χ3n) is 2.86. The minimum Gasteiger partial charge on any atom is -0.396 e. The Labute approximate surface area is 87.7 Å². The largest absolute Gasteiger partial charge is 0.396 e. The summed E-state index contributed by atoms with van der Waals surface area (Å²) in [5, 5.41) is 15.4. The SMILES string of the molecule is O=c1ccc(N2CCC(CO)CC2)n[nH]1. The maximum absolute atomic E-state index is 10.8. The van der Waals surface area contributed by atoms with Gasteiger partial charge in [-0.25, -0.2) is 5.10 Å². The molecule has 1 saturated heterocycles. The second-order valence-electron chi connectivity index (χ2n) is 3.89. The molecule has 15 heavy (non-hydrogen) atoms. The molecule has 0 spiro atoms. The minimum absolute atomic E-state index is 0.177. The van der Waals surface area contributed by atoms with E-state index in [4.69, 9.17) is 5.11 Å². The first kappa shape index (κ1) is 10.2. The Hall–Kier alpha value is -1.36. The number of nitrogens with one attached hydrogen (secondary N) is 1. The van der Waals surface area contributed by atoms with Crippen LogP contribution in [0.2, 0.25) is 0 Å². The molecule has 0 saturated carbocycles. The van der Waals surface area contributed by atoms with Crippen molar-refractivity contribution in [2.24, 2.45) is 5.92 Å². The Morgan fingerprint density at radius 1 is 1.47 bits per heavy atom. The van der Waals surface area contributed by atoms with Crippen LogP contribution in [-0.4, -0.2) is 35.0 Å². The van der Waals surface area contributed by atoms with Crippen LogP contribution < -0.4 is 10.5 Å². The first-order chi connectivity index (χ1) is 7.29. The van der Waals surface area contributed by atoms with Gasteiger partial charge in [0.2, 0.25) is 0 Å². The van der Waals surface area contributed by atoms with E-state index < -0.39 is 0 Å². The zero-order chi connectivity index (χ0) is 10.7. The van der Waals surface area contributed by atoms with Crippen molar-refractivity contribution in [1.82, 2.24) is 10.2 Å². The maximum Gasteiger partial charge on any atom is 0.264 e. The van der Waals surface area contributed by atoms with Gasteiger partial charge in [0.15, 0.2) is 0 Å². The second kappa shape index (κ2) is 4.44. The fourth-order valence-corrected chi connectivity index (χ4v) is 1.86. The van der Waals surface area contributed by atoms with Gasteiger partial charge in [-0.1, -0.05) is 0 Å². The van der Waals surface area contributed by atoms with Crippen LogP contribution in [0.4, 0.5) is 5.82 Å². The highest BCUT2D eigenvalue weighted by Crippen LogP contribution is 2.19.